The van der Waals surface area contributed by atoms with Gasteiger partial charge in [-0.25, -0.2) is 4.39 Å². The monoisotopic (exact) mass is 462 g/mol. The number of ether oxygens (including phenoxy) is 2. The van der Waals surface area contributed by atoms with Gasteiger partial charge >= 0.3 is 0 Å². The van der Waals surface area contributed by atoms with Crippen molar-refractivity contribution in [3.8, 4) is 23.1 Å². The molecule has 3 aromatic rings. The topological polar surface area (TPSA) is 107 Å². The molecule has 0 unspecified atom stereocenters. The minimum absolute atomic E-state index is 0.0295. The van der Waals surface area contributed by atoms with Crippen molar-refractivity contribution in [2.45, 2.75) is 12.5 Å². The standard InChI is InChI=1S/C25H23FN4O4/c1-2-23(31)28-17-12-13-30(15-17)22-11-10-21(24(27)32)25(29-22)34-19-8-6-18(7-9-19)33-20-5-3-4-16(26)14-20/h2-11,14,17H,1,12-13,15H2,(H2,27,32)(H,28,31)/t17-/m0/s1. The maximum absolute atomic E-state index is 13.3. The van der Waals surface area contributed by atoms with Crippen molar-refractivity contribution in [1.82, 2.24) is 10.3 Å². The summed E-state index contributed by atoms with van der Waals surface area (Å²) in [6.07, 6.45) is 1.99. The Bertz CT molecular complexity index is 1220. The summed E-state index contributed by atoms with van der Waals surface area (Å²) in [4.78, 5) is 30.0. The molecule has 2 heterocycles. The number of hydrogen-bond acceptors (Lipinski definition) is 6. The van der Waals surface area contributed by atoms with Crippen LogP contribution in [0.2, 0.25) is 0 Å². The molecule has 9 heteroatoms. The summed E-state index contributed by atoms with van der Waals surface area (Å²) >= 11 is 0. The fourth-order valence-corrected chi connectivity index (χ4v) is 3.57. The number of pyridine rings is 1. The number of nitrogens with one attached hydrogen (secondary N) is 1. The fourth-order valence-electron chi connectivity index (χ4n) is 3.57. The predicted octanol–water partition coefficient (Wildman–Crippen LogP) is 3.79. The van der Waals surface area contributed by atoms with E-state index in [2.05, 4.69) is 16.9 Å². The van der Waals surface area contributed by atoms with Gasteiger partial charge in [-0.1, -0.05) is 12.6 Å². The number of amides is 2. The molecule has 1 fully saturated rings. The molecular weight excluding hydrogens is 439 g/mol. The van der Waals surface area contributed by atoms with E-state index in [4.69, 9.17) is 15.2 Å². The molecule has 0 radical (unpaired) electrons. The maximum Gasteiger partial charge on any atom is 0.254 e. The lowest BCUT2D eigenvalue weighted by molar-refractivity contribution is -0.117. The largest absolute Gasteiger partial charge is 0.457 e. The van der Waals surface area contributed by atoms with Gasteiger partial charge in [0.2, 0.25) is 11.8 Å². The smallest absolute Gasteiger partial charge is 0.254 e. The van der Waals surface area contributed by atoms with Gasteiger partial charge in [0.15, 0.2) is 0 Å². The normalized spacial score (nSPS) is 15.0. The molecule has 1 atom stereocenters. The summed E-state index contributed by atoms with van der Waals surface area (Å²) in [7, 11) is 0. The highest BCUT2D eigenvalue weighted by atomic mass is 19.1. The lowest BCUT2D eigenvalue weighted by Gasteiger charge is -2.19. The van der Waals surface area contributed by atoms with Crippen molar-refractivity contribution < 1.29 is 23.5 Å². The van der Waals surface area contributed by atoms with E-state index in [-0.39, 0.29) is 23.4 Å². The Morgan fingerprint density at radius 1 is 1.09 bits per heavy atom. The molecule has 8 nitrogen and oxygen atoms in total. The highest BCUT2D eigenvalue weighted by Gasteiger charge is 2.25. The second kappa shape index (κ2) is 10.0. The third kappa shape index (κ3) is 5.50. The first-order valence-corrected chi connectivity index (χ1v) is 10.6. The van der Waals surface area contributed by atoms with Crippen molar-refractivity contribution in [3.63, 3.8) is 0 Å². The molecule has 1 aliphatic rings. The quantitative estimate of drug-likeness (QED) is 0.494. The van der Waals surface area contributed by atoms with Crippen LogP contribution < -0.4 is 25.4 Å². The second-order valence-corrected chi connectivity index (χ2v) is 7.66. The molecular formula is C25H23FN4O4. The van der Waals surface area contributed by atoms with Crippen LogP contribution in [0.3, 0.4) is 0 Å². The van der Waals surface area contributed by atoms with Gasteiger partial charge < -0.3 is 25.4 Å². The van der Waals surface area contributed by atoms with E-state index in [9.17, 15) is 14.0 Å². The molecule has 0 aliphatic carbocycles. The molecule has 3 N–H and O–H groups in total. The van der Waals surface area contributed by atoms with Crippen LogP contribution in [0.1, 0.15) is 16.8 Å². The van der Waals surface area contributed by atoms with Crippen LogP contribution in [0.15, 0.2) is 73.3 Å². The number of aromatic nitrogens is 1. The van der Waals surface area contributed by atoms with Crippen molar-refractivity contribution in [2.75, 3.05) is 18.0 Å². The molecule has 34 heavy (non-hydrogen) atoms. The van der Waals surface area contributed by atoms with E-state index in [0.717, 1.165) is 6.42 Å². The highest BCUT2D eigenvalue weighted by Crippen LogP contribution is 2.30. The van der Waals surface area contributed by atoms with Gasteiger partial charge in [-0.3, -0.25) is 9.59 Å². The van der Waals surface area contributed by atoms with Crippen LogP contribution in [0.5, 0.6) is 23.1 Å². The first kappa shape index (κ1) is 22.8. The Kier molecular flexibility index (Phi) is 6.72. The highest BCUT2D eigenvalue weighted by molar-refractivity contribution is 5.95. The maximum atomic E-state index is 13.3. The third-order valence-electron chi connectivity index (χ3n) is 5.23. The van der Waals surface area contributed by atoms with Gasteiger partial charge in [0.05, 0.1) is 0 Å². The SMILES string of the molecule is C=CC(=O)N[C@H]1CCN(c2ccc(C(N)=O)c(Oc3ccc(Oc4cccc(F)c4)cc3)n2)C1. The van der Waals surface area contributed by atoms with Gasteiger partial charge in [-0.15, -0.1) is 0 Å². The molecule has 1 saturated heterocycles. The Balaban J connectivity index is 1.49. The molecule has 0 spiro atoms. The van der Waals surface area contributed by atoms with E-state index >= 15 is 0 Å². The zero-order chi connectivity index (χ0) is 24.1. The molecule has 2 amide bonds. The van der Waals surface area contributed by atoms with Gasteiger partial charge in [-0.2, -0.15) is 4.98 Å². The number of primary amides is 1. The number of anilines is 1. The fraction of sp³-hybridized carbons (Fsp3) is 0.160. The Labute approximate surface area is 195 Å². The summed E-state index contributed by atoms with van der Waals surface area (Å²) in [5, 5.41) is 2.87. The third-order valence-corrected chi connectivity index (χ3v) is 5.23. The van der Waals surface area contributed by atoms with E-state index in [0.29, 0.717) is 36.2 Å². The van der Waals surface area contributed by atoms with Crippen LogP contribution in [0.4, 0.5) is 10.2 Å². The Morgan fingerprint density at radius 3 is 2.50 bits per heavy atom. The molecule has 0 saturated carbocycles. The summed E-state index contributed by atoms with van der Waals surface area (Å²) in [6, 6.07) is 15.6. The number of carbonyl (C=O) groups is 2. The number of halogens is 1. The zero-order valence-electron chi connectivity index (χ0n) is 18.2. The molecule has 1 aromatic heterocycles. The number of carbonyl (C=O) groups excluding carboxylic acids is 2. The average molecular weight is 462 g/mol. The molecule has 1 aliphatic heterocycles. The van der Waals surface area contributed by atoms with E-state index < -0.39 is 11.7 Å². The van der Waals surface area contributed by atoms with Crippen LogP contribution in [-0.2, 0) is 4.79 Å². The molecule has 4 rings (SSSR count). The minimum Gasteiger partial charge on any atom is -0.457 e. The number of benzene rings is 2. The van der Waals surface area contributed by atoms with Gasteiger partial charge in [0.25, 0.3) is 5.91 Å². The number of hydrogen-bond donors (Lipinski definition) is 2. The van der Waals surface area contributed by atoms with E-state index in [1.54, 1.807) is 48.5 Å². The van der Waals surface area contributed by atoms with Gasteiger partial charge in [0.1, 0.15) is 34.4 Å². The van der Waals surface area contributed by atoms with Crippen LogP contribution >= 0.6 is 0 Å². The Hall–Kier alpha value is -4.40. The number of rotatable bonds is 8. The predicted molar refractivity (Wildman–Crippen MR) is 125 cm³/mol. The van der Waals surface area contributed by atoms with Crippen molar-refractivity contribution in [3.05, 3.63) is 84.7 Å². The lowest BCUT2D eigenvalue weighted by atomic mass is 10.2. The average Bonchev–Trinajstić information content (AvgIpc) is 3.28. The van der Waals surface area contributed by atoms with Crippen LogP contribution in [0.25, 0.3) is 0 Å². The molecule has 0 bridgehead atoms. The zero-order valence-corrected chi connectivity index (χ0v) is 18.2. The first-order chi connectivity index (χ1) is 16.4. The summed E-state index contributed by atoms with van der Waals surface area (Å²) in [5.41, 5.74) is 5.64. The lowest BCUT2D eigenvalue weighted by Crippen LogP contribution is -2.36. The summed E-state index contributed by atoms with van der Waals surface area (Å²) < 4.78 is 24.8. The van der Waals surface area contributed by atoms with Crippen molar-refractivity contribution >= 4 is 17.6 Å². The second-order valence-electron chi connectivity index (χ2n) is 7.66. The van der Waals surface area contributed by atoms with Crippen molar-refractivity contribution in [1.29, 1.82) is 0 Å². The van der Waals surface area contributed by atoms with Crippen LogP contribution in [0, 0.1) is 5.82 Å². The van der Waals surface area contributed by atoms with E-state index in [1.807, 2.05) is 4.90 Å². The Morgan fingerprint density at radius 2 is 1.82 bits per heavy atom. The van der Waals surface area contributed by atoms with Crippen molar-refractivity contribution in [2.24, 2.45) is 5.73 Å². The summed E-state index contributed by atoms with van der Waals surface area (Å²) in [5.74, 6) is 0.650. The summed E-state index contributed by atoms with van der Waals surface area (Å²) in [6.45, 7) is 4.71. The first-order valence-electron chi connectivity index (χ1n) is 10.6. The number of nitrogens with zero attached hydrogens (tertiary/aromatic N) is 2. The van der Waals surface area contributed by atoms with Crippen LogP contribution in [-0.4, -0.2) is 35.9 Å². The molecule has 174 valence electrons. The van der Waals surface area contributed by atoms with E-state index in [1.165, 1.54) is 18.2 Å². The minimum atomic E-state index is -0.669. The molecule has 2 aromatic carbocycles. The van der Waals surface area contributed by atoms with Gasteiger partial charge in [0, 0.05) is 25.2 Å². The van der Waals surface area contributed by atoms with Gasteiger partial charge in [-0.05, 0) is 61.0 Å². The number of nitrogens with two attached hydrogens (primary N) is 1.